The van der Waals surface area contributed by atoms with Gasteiger partial charge in [0.1, 0.15) is 11.5 Å². The van der Waals surface area contributed by atoms with Gasteiger partial charge in [-0.25, -0.2) is 4.98 Å². The molecule has 4 rings (SSSR count). The molecule has 0 saturated heterocycles. The van der Waals surface area contributed by atoms with Crippen molar-refractivity contribution in [1.82, 2.24) is 9.66 Å². The van der Waals surface area contributed by atoms with Gasteiger partial charge in [0.05, 0.1) is 30.3 Å². The molecule has 0 bridgehead atoms. The zero-order chi connectivity index (χ0) is 25.8. The molecule has 3 aromatic carbocycles. The lowest BCUT2D eigenvalue weighted by atomic mass is 9.96. The minimum Gasteiger partial charge on any atom is -0.494 e. The van der Waals surface area contributed by atoms with Gasteiger partial charge < -0.3 is 9.47 Å². The van der Waals surface area contributed by atoms with E-state index in [1.165, 1.54) is 4.68 Å². The maximum Gasteiger partial charge on any atom is 0.282 e. The Morgan fingerprint density at radius 1 is 1.03 bits per heavy atom. The number of aromatic nitrogens is 2. The molecule has 0 fully saturated rings. The molecule has 4 aromatic rings. The van der Waals surface area contributed by atoms with Crippen LogP contribution in [0.15, 0.2) is 69.0 Å². The van der Waals surface area contributed by atoms with E-state index in [1.54, 1.807) is 12.3 Å². The molecule has 0 aliphatic rings. The van der Waals surface area contributed by atoms with Crippen molar-refractivity contribution in [2.45, 2.75) is 40.5 Å². The van der Waals surface area contributed by atoms with Gasteiger partial charge in [0.25, 0.3) is 5.56 Å². The summed E-state index contributed by atoms with van der Waals surface area (Å²) in [5.41, 5.74) is 3.98. The molecule has 0 atom stereocenters. The number of ether oxygens (including phenoxy) is 2. The van der Waals surface area contributed by atoms with Crippen LogP contribution in [0, 0.1) is 6.92 Å². The Hall–Kier alpha value is -3.45. The number of hydrogen-bond acceptors (Lipinski definition) is 5. The third-order valence-electron chi connectivity index (χ3n) is 5.86. The minimum atomic E-state index is -0.237. The molecule has 0 saturated carbocycles. The highest BCUT2D eigenvalue weighted by atomic mass is 79.9. The van der Waals surface area contributed by atoms with E-state index in [-0.39, 0.29) is 11.5 Å². The lowest BCUT2D eigenvalue weighted by Crippen LogP contribution is -2.21. The second kappa shape index (κ2) is 11.1. The standard InChI is InChI=1S/C29H30BrN3O3/c1-6-35-26-13-12-21(30)15-20(26)17-31-33-28(32-25-11-9-8-10-22(25)29(33)34)24-16-23(18(3)4)27(36-7-2)14-19(24)5/h8-18H,6-7H2,1-5H3. The summed E-state index contributed by atoms with van der Waals surface area (Å²) in [7, 11) is 0. The molecule has 0 amide bonds. The highest BCUT2D eigenvalue weighted by molar-refractivity contribution is 9.10. The number of hydrogen-bond donors (Lipinski definition) is 0. The van der Waals surface area contributed by atoms with Crippen molar-refractivity contribution in [3.05, 3.63) is 86.1 Å². The Morgan fingerprint density at radius 2 is 1.75 bits per heavy atom. The van der Waals surface area contributed by atoms with Gasteiger partial charge in [-0.2, -0.15) is 9.78 Å². The molecule has 186 valence electrons. The lowest BCUT2D eigenvalue weighted by molar-refractivity contribution is 0.335. The Morgan fingerprint density at radius 3 is 2.47 bits per heavy atom. The third kappa shape index (κ3) is 5.21. The molecule has 36 heavy (non-hydrogen) atoms. The van der Waals surface area contributed by atoms with Crippen LogP contribution in [0.3, 0.4) is 0 Å². The van der Waals surface area contributed by atoms with Crippen LogP contribution >= 0.6 is 15.9 Å². The predicted molar refractivity (Wildman–Crippen MR) is 150 cm³/mol. The molecular weight excluding hydrogens is 518 g/mol. The fraction of sp³-hybridized carbons (Fsp3) is 0.276. The first-order valence-electron chi connectivity index (χ1n) is 12.1. The first kappa shape index (κ1) is 25.6. The van der Waals surface area contributed by atoms with Crippen molar-refractivity contribution in [1.29, 1.82) is 0 Å². The van der Waals surface area contributed by atoms with Crippen LogP contribution in [0.5, 0.6) is 11.5 Å². The SMILES string of the molecule is CCOc1ccc(Br)cc1C=Nn1c(-c2cc(C(C)C)c(OCC)cc2C)nc2ccccc2c1=O. The van der Waals surface area contributed by atoms with Gasteiger partial charge >= 0.3 is 0 Å². The minimum absolute atomic E-state index is 0.227. The number of fused-ring (bicyclic) bond motifs is 1. The van der Waals surface area contributed by atoms with Crippen LogP contribution in [0.4, 0.5) is 0 Å². The molecule has 1 heterocycles. The zero-order valence-electron chi connectivity index (χ0n) is 21.2. The van der Waals surface area contributed by atoms with Gasteiger partial charge in [0.2, 0.25) is 0 Å². The maximum atomic E-state index is 13.7. The topological polar surface area (TPSA) is 65.7 Å². The van der Waals surface area contributed by atoms with Gasteiger partial charge in [-0.05, 0) is 80.3 Å². The Bertz CT molecular complexity index is 1490. The van der Waals surface area contributed by atoms with E-state index in [0.29, 0.717) is 35.7 Å². The number of nitrogens with zero attached hydrogens (tertiary/aromatic N) is 3. The number of aryl methyl sites for hydroxylation is 1. The van der Waals surface area contributed by atoms with Gasteiger partial charge in [-0.15, -0.1) is 0 Å². The van der Waals surface area contributed by atoms with Crippen molar-refractivity contribution in [3.8, 4) is 22.9 Å². The summed E-state index contributed by atoms with van der Waals surface area (Å²) in [6.07, 6.45) is 1.64. The molecule has 0 aliphatic heterocycles. The molecule has 6 nitrogen and oxygen atoms in total. The van der Waals surface area contributed by atoms with Crippen LogP contribution in [0.1, 0.15) is 50.3 Å². The van der Waals surface area contributed by atoms with Crippen molar-refractivity contribution in [2.24, 2.45) is 5.10 Å². The molecule has 0 spiro atoms. The zero-order valence-corrected chi connectivity index (χ0v) is 22.8. The van der Waals surface area contributed by atoms with E-state index in [9.17, 15) is 4.79 Å². The highest BCUT2D eigenvalue weighted by Crippen LogP contribution is 2.34. The molecule has 0 N–H and O–H groups in total. The largest absolute Gasteiger partial charge is 0.494 e. The molecule has 7 heteroatoms. The van der Waals surface area contributed by atoms with Crippen molar-refractivity contribution in [2.75, 3.05) is 13.2 Å². The van der Waals surface area contributed by atoms with Crippen LogP contribution < -0.4 is 15.0 Å². The van der Waals surface area contributed by atoms with E-state index in [0.717, 1.165) is 32.5 Å². The predicted octanol–water partition coefficient (Wildman–Crippen LogP) is 6.94. The summed E-state index contributed by atoms with van der Waals surface area (Å²) in [6.45, 7) is 11.3. The van der Waals surface area contributed by atoms with Gasteiger partial charge in [-0.1, -0.05) is 41.9 Å². The molecule has 1 aromatic heterocycles. The molecular formula is C29H30BrN3O3. The molecule has 0 unspecified atom stereocenters. The molecule has 0 aliphatic carbocycles. The van der Waals surface area contributed by atoms with Crippen LogP contribution in [-0.2, 0) is 0 Å². The Labute approximate surface area is 219 Å². The number of benzene rings is 3. The van der Waals surface area contributed by atoms with Crippen molar-refractivity contribution >= 4 is 33.0 Å². The van der Waals surface area contributed by atoms with Crippen LogP contribution in [0.25, 0.3) is 22.3 Å². The first-order chi connectivity index (χ1) is 17.3. The average Bonchev–Trinajstić information content (AvgIpc) is 2.85. The summed E-state index contributed by atoms with van der Waals surface area (Å²) >= 11 is 3.51. The van der Waals surface area contributed by atoms with E-state index in [2.05, 4.69) is 40.9 Å². The fourth-order valence-electron chi connectivity index (χ4n) is 4.10. The summed E-state index contributed by atoms with van der Waals surface area (Å²) in [6, 6.07) is 17.1. The van der Waals surface area contributed by atoms with Gasteiger partial charge in [0, 0.05) is 15.6 Å². The van der Waals surface area contributed by atoms with Crippen LogP contribution in [0.2, 0.25) is 0 Å². The van der Waals surface area contributed by atoms with E-state index in [4.69, 9.17) is 14.5 Å². The second-order valence-electron chi connectivity index (χ2n) is 8.72. The summed E-state index contributed by atoms with van der Waals surface area (Å²) in [5, 5.41) is 5.15. The number of para-hydroxylation sites is 1. The smallest absolute Gasteiger partial charge is 0.282 e. The lowest BCUT2D eigenvalue weighted by Gasteiger charge is -2.18. The van der Waals surface area contributed by atoms with Crippen molar-refractivity contribution < 1.29 is 9.47 Å². The van der Waals surface area contributed by atoms with Crippen molar-refractivity contribution in [3.63, 3.8) is 0 Å². The summed E-state index contributed by atoms with van der Waals surface area (Å²) in [5.74, 6) is 2.24. The van der Waals surface area contributed by atoms with E-state index < -0.39 is 0 Å². The second-order valence-corrected chi connectivity index (χ2v) is 9.64. The Balaban J connectivity index is 1.98. The van der Waals surface area contributed by atoms with E-state index in [1.807, 2.05) is 63.2 Å². The summed E-state index contributed by atoms with van der Waals surface area (Å²) in [4.78, 5) is 18.6. The maximum absolute atomic E-state index is 13.7. The van der Waals surface area contributed by atoms with Crippen LogP contribution in [-0.4, -0.2) is 29.1 Å². The first-order valence-corrected chi connectivity index (χ1v) is 12.9. The van der Waals surface area contributed by atoms with Gasteiger partial charge in [0.15, 0.2) is 5.82 Å². The monoisotopic (exact) mass is 547 g/mol. The average molecular weight is 548 g/mol. The van der Waals surface area contributed by atoms with Gasteiger partial charge in [-0.3, -0.25) is 4.79 Å². The summed E-state index contributed by atoms with van der Waals surface area (Å²) < 4.78 is 13.9. The number of halogens is 1. The normalized spacial score (nSPS) is 11.5. The quantitative estimate of drug-likeness (QED) is 0.224. The third-order valence-corrected chi connectivity index (χ3v) is 6.35. The fourth-order valence-corrected chi connectivity index (χ4v) is 4.48. The number of rotatable bonds is 8. The molecule has 0 radical (unpaired) electrons. The van der Waals surface area contributed by atoms with E-state index >= 15 is 0 Å². The highest BCUT2D eigenvalue weighted by Gasteiger charge is 2.18. The Kier molecular flexibility index (Phi) is 7.89.